The molecule has 0 amide bonds. The molecule has 0 unspecified atom stereocenters. The van der Waals surface area contributed by atoms with Crippen LogP contribution in [0.15, 0.2) is 28.7 Å². The molecular weight excluding hydrogens is 360 g/mol. The zero-order valence-electron chi connectivity index (χ0n) is 12.3. The lowest BCUT2D eigenvalue weighted by atomic mass is 9.94. The molecular formula is C16H14BrN4O2+. The fraction of sp³-hybridized carbons (Fsp3) is 0.438. The normalized spacial score (nSPS) is 43.6. The Labute approximate surface area is 141 Å². The van der Waals surface area contributed by atoms with Crippen LogP contribution in [-0.4, -0.2) is 24.5 Å². The molecule has 4 rings (SSSR count). The van der Waals surface area contributed by atoms with E-state index in [0.29, 0.717) is 6.61 Å². The van der Waals surface area contributed by atoms with Gasteiger partial charge in [-0.3, -0.25) is 5.73 Å². The number of nitrogens with zero attached hydrogens (tertiary/aromatic N) is 2. The predicted molar refractivity (Wildman–Crippen MR) is 82.4 cm³/mol. The van der Waals surface area contributed by atoms with E-state index in [0.717, 1.165) is 10.0 Å². The number of ether oxygens (including phenoxy) is 2. The summed E-state index contributed by atoms with van der Waals surface area (Å²) >= 11 is 3.40. The van der Waals surface area contributed by atoms with E-state index < -0.39 is 22.7 Å². The molecule has 5 atom stereocenters. The van der Waals surface area contributed by atoms with Crippen LogP contribution < -0.4 is 10.7 Å². The van der Waals surface area contributed by atoms with Crippen molar-refractivity contribution in [2.45, 2.75) is 24.9 Å². The Morgan fingerprint density at radius 2 is 2.00 bits per heavy atom. The molecule has 2 fully saturated rings. The van der Waals surface area contributed by atoms with Gasteiger partial charge in [-0.2, -0.15) is 10.5 Å². The van der Waals surface area contributed by atoms with Crippen LogP contribution in [0.25, 0.3) is 0 Å². The predicted octanol–water partition coefficient (Wildman–Crippen LogP) is 0.107. The number of benzene rings is 1. The molecule has 2 heterocycles. The van der Waals surface area contributed by atoms with Crippen LogP contribution >= 0.6 is 15.9 Å². The minimum Gasteiger partial charge on any atom is -0.311 e. The first-order chi connectivity index (χ1) is 11.0. The van der Waals surface area contributed by atoms with Crippen molar-refractivity contribution in [1.82, 2.24) is 0 Å². The highest BCUT2D eigenvalue weighted by Crippen LogP contribution is 2.79. The summed E-state index contributed by atoms with van der Waals surface area (Å²) in [7, 11) is 0. The van der Waals surface area contributed by atoms with E-state index in [1.54, 1.807) is 0 Å². The second kappa shape index (κ2) is 4.33. The van der Waals surface area contributed by atoms with Crippen LogP contribution in [0.1, 0.15) is 18.4 Å². The van der Waals surface area contributed by atoms with E-state index in [1.807, 2.05) is 31.2 Å². The van der Waals surface area contributed by atoms with Crippen LogP contribution in [0.5, 0.6) is 0 Å². The van der Waals surface area contributed by atoms with Crippen LogP contribution in [0, 0.1) is 33.5 Å². The van der Waals surface area contributed by atoms with Gasteiger partial charge in [-0.15, -0.1) is 0 Å². The SMILES string of the molecule is C[C@H]1CO[C@]2([NH+]=C(N)[C@@]3(C#N)[C@@H](c4ccc(Br)cc4)[C@@]23C#N)O1. The third-order valence-corrected chi connectivity index (χ3v) is 5.62. The smallest absolute Gasteiger partial charge is 0.311 e. The van der Waals surface area contributed by atoms with Gasteiger partial charge in [-0.05, 0) is 24.6 Å². The van der Waals surface area contributed by atoms with Crippen molar-refractivity contribution in [1.29, 1.82) is 10.5 Å². The molecule has 1 spiro atoms. The summed E-state index contributed by atoms with van der Waals surface area (Å²) in [5.41, 5.74) is 4.66. The van der Waals surface area contributed by atoms with Gasteiger partial charge < -0.3 is 9.47 Å². The zero-order valence-corrected chi connectivity index (χ0v) is 13.9. The molecule has 116 valence electrons. The number of halogens is 1. The molecule has 23 heavy (non-hydrogen) atoms. The van der Waals surface area contributed by atoms with E-state index in [2.05, 4.69) is 33.1 Å². The monoisotopic (exact) mass is 373 g/mol. The van der Waals surface area contributed by atoms with E-state index >= 15 is 0 Å². The van der Waals surface area contributed by atoms with Crippen LogP contribution in [-0.2, 0) is 9.47 Å². The van der Waals surface area contributed by atoms with E-state index in [4.69, 9.17) is 15.2 Å². The van der Waals surface area contributed by atoms with E-state index in [1.165, 1.54) is 0 Å². The van der Waals surface area contributed by atoms with Crippen LogP contribution in [0.3, 0.4) is 0 Å². The Morgan fingerprint density at radius 3 is 2.52 bits per heavy atom. The summed E-state index contributed by atoms with van der Waals surface area (Å²) in [4.78, 5) is 2.95. The van der Waals surface area contributed by atoms with E-state index in [-0.39, 0.29) is 11.9 Å². The van der Waals surface area contributed by atoms with Crippen molar-refractivity contribution in [3.05, 3.63) is 34.3 Å². The third-order valence-electron chi connectivity index (χ3n) is 5.09. The molecule has 1 saturated heterocycles. The lowest BCUT2D eigenvalue weighted by molar-refractivity contribution is -0.677. The maximum Gasteiger partial charge on any atom is 0.343 e. The van der Waals surface area contributed by atoms with Crippen molar-refractivity contribution in [2.75, 3.05) is 6.61 Å². The molecule has 1 saturated carbocycles. The summed E-state index contributed by atoms with van der Waals surface area (Å²) in [6.45, 7) is 2.21. The van der Waals surface area contributed by atoms with Gasteiger partial charge >= 0.3 is 5.91 Å². The van der Waals surface area contributed by atoms with Gasteiger partial charge in [0.25, 0.3) is 5.84 Å². The highest BCUT2D eigenvalue weighted by Gasteiger charge is 2.97. The summed E-state index contributed by atoms with van der Waals surface area (Å²) in [5.74, 6) is -1.52. The van der Waals surface area contributed by atoms with Crippen LogP contribution in [0.4, 0.5) is 0 Å². The molecule has 0 radical (unpaired) electrons. The highest BCUT2D eigenvalue weighted by molar-refractivity contribution is 9.10. The molecule has 7 heteroatoms. The van der Waals surface area contributed by atoms with Gasteiger partial charge in [0.05, 0.1) is 24.8 Å². The lowest BCUT2D eigenvalue weighted by Crippen LogP contribution is -2.90. The molecule has 6 nitrogen and oxygen atoms in total. The first-order valence-electron chi connectivity index (χ1n) is 7.28. The molecule has 1 aliphatic carbocycles. The van der Waals surface area contributed by atoms with Gasteiger partial charge in [0.2, 0.25) is 0 Å². The van der Waals surface area contributed by atoms with E-state index in [9.17, 15) is 10.5 Å². The molecule has 1 aromatic carbocycles. The number of nitrogens with two attached hydrogens (primary N) is 1. The lowest BCUT2D eigenvalue weighted by Gasteiger charge is -2.24. The second-order valence-corrected chi connectivity index (χ2v) is 7.13. The first kappa shape index (κ1) is 14.6. The summed E-state index contributed by atoms with van der Waals surface area (Å²) in [6.07, 6.45) is -0.179. The third kappa shape index (κ3) is 1.41. The first-order valence-corrected chi connectivity index (χ1v) is 8.07. The van der Waals surface area contributed by atoms with Crippen LogP contribution in [0.2, 0.25) is 0 Å². The number of fused-ring (bicyclic) bond motifs is 2. The molecule has 2 aliphatic heterocycles. The van der Waals surface area contributed by atoms with Crippen molar-refractivity contribution >= 4 is 21.8 Å². The summed E-state index contributed by atoms with van der Waals surface area (Å²) in [6, 6.07) is 12.1. The zero-order chi connectivity index (χ0) is 16.5. The number of amidine groups is 1. The Bertz CT molecular complexity index is 811. The number of rotatable bonds is 1. The van der Waals surface area contributed by atoms with Gasteiger partial charge in [0, 0.05) is 10.4 Å². The number of nitriles is 2. The van der Waals surface area contributed by atoms with Crippen molar-refractivity contribution in [3.8, 4) is 12.1 Å². The fourth-order valence-electron chi connectivity index (χ4n) is 4.12. The fourth-order valence-corrected chi connectivity index (χ4v) is 4.38. The highest BCUT2D eigenvalue weighted by atomic mass is 79.9. The average Bonchev–Trinajstić information content (AvgIpc) is 2.92. The topological polar surface area (TPSA) is 106 Å². The summed E-state index contributed by atoms with van der Waals surface area (Å²) in [5, 5.41) is 19.9. The van der Waals surface area contributed by atoms with Gasteiger partial charge in [-0.25, -0.2) is 4.99 Å². The van der Waals surface area contributed by atoms with Crippen molar-refractivity contribution in [2.24, 2.45) is 16.6 Å². The number of hydrogen-bond acceptors (Lipinski definition) is 5. The van der Waals surface area contributed by atoms with Crippen molar-refractivity contribution in [3.63, 3.8) is 0 Å². The van der Waals surface area contributed by atoms with Gasteiger partial charge in [0.1, 0.15) is 0 Å². The van der Waals surface area contributed by atoms with Gasteiger partial charge in [0.15, 0.2) is 10.8 Å². The Balaban J connectivity index is 1.91. The van der Waals surface area contributed by atoms with Gasteiger partial charge in [-0.1, -0.05) is 28.1 Å². The molecule has 3 N–H and O–H groups in total. The Hall–Kier alpha value is -1.93. The Morgan fingerprint density at radius 1 is 1.30 bits per heavy atom. The minimum atomic E-state index is -1.36. The molecule has 0 bridgehead atoms. The number of hydrogen-bond donors (Lipinski definition) is 2. The Kier molecular flexibility index (Phi) is 2.76. The summed E-state index contributed by atoms with van der Waals surface area (Å²) < 4.78 is 12.7. The van der Waals surface area contributed by atoms with Crippen molar-refractivity contribution < 1.29 is 14.5 Å². The number of nitrogens with one attached hydrogen (secondary N) is 1. The largest absolute Gasteiger partial charge is 0.343 e. The average molecular weight is 374 g/mol. The maximum atomic E-state index is 10.00. The maximum absolute atomic E-state index is 10.00. The molecule has 1 aromatic rings. The quantitative estimate of drug-likeness (QED) is 0.726. The standard InChI is InChI=1S/C16H13BrN4O2/c1-9-6-22-16(23-9)15(8-19)12(10-2-4-11(17)5-3-10)14(15,7-18)13(20)21-16/h2-5,9,12H,6H2,1H3,(H2,20,21)/p+1/t9-,12+,14+,15+,16-/m0/s1. The second-order valence-electron chi connectivity index (χ2n) is 6.22. The minimum absolute atomic E-state index is 0.179. The molecule has 3 aliphatic rings. The molecule has 0 aromatic heterocycles.